The van der Waals surface area contributed by atoms with Crippen LogP contribution in [0.1, 0.15) is 135 Å². The Kier molecular flexibility index (Phi) is 23.3. The average molecular weight is 661 g/mol. The molecule has 0 saturated carbocycles. The van der Waals surface area contributed by atoms with E-state index in [9.17, 15) is 24.0 Å². The Morgan fingerprint density at radius 3 is 1.81 bits per heavy atom. The summed E-state index contributed by atoms with van der Waals surface area (Å²) in [5.74, 6) is -2.58. The average Bonchev–Trinajstić information content (AvgIpc) is 3.05. The Hall–Kier alpha value is -3.63. The summed E-state index contributed by atoms with van der Waals surface area (Å²) in [4.78, 5) is 61.3. The Labute approximate surface area is 281 Å². The molecule has 0 aliphatic carbocycles. The molecular formula is C36H60N4O7. The second kappa shape index (κ2) is 26.4. The van der Waals surface area contributed by atoms with Crippen LogP contribution in [-0.4, -0.2) is 59.6 Å². The van der Waals surface area contributed by atoms with Crippen molar-refractivity contribution in [3.05, 3.63) is 35.9 Å². The highest BCUT2D eigenvalue weighted by molar-refractivity contribution is 5.93. The van der Waals surface area contributed by atoms with Crippen molar-refractivity contribution in [2.24, 2.45) is 0 Å². The van der Waals surface area contributed by atoms with Crippen LogP contribution in [0, 0.1) is 0 Å². The number of carboxylic acids is 1. The van der Waals surface area contributed by atoms with Crippen LogP contribution in [0.25, 0.3) is 0 Å². The molecule has 5 N–H and O–H groups in total. The standard InChI is InChI=1S/C36H60N4O7/c1-4-5-6-7-8-9-10-11-12-13-14-15-19-25-32(41)40-31(34(43)38-28(2)33(42)39-29(3)35(44)45)24-20-21-26-37-36(46)47-27-30-22-17-16-18-23-30/h16-18,22-23,28-29,31H,4-15,19-21,24-27H2,1-3H3,(H,37,46)(H,38,43)(H,39,42)(H,40,41)(H,44,45)/t28-,29-,31-/m0/s1. The predicted molar refractivity (Wildman–Crippen MR) is 184 cm³/mol. The van der Waals surface area contributed by atoms with Crippen molar-refractivity contribution < 1.29 is 33.8 Å². The van der Waals surface area contributed by atoms with E-state index >= 15 is 0 Å². The first-order valence-corrected chi connectivity index (χ1v) is 17.7. The molecule has 1 aromatic rings. The first kappa shape index (κ1) is 41.4. The molecule has 1 aromatic carbocycles. The lowest BCUT2D eigenvalue weighted by Gasteiger charge is -2.22. The molecule has 0 saturated heterocycles. The van der Waals surface area contributed by atoms with Crippen LogP contribution in [0.4, 0.5) is 4.79 Å². The van der Waals surface area contributed by atoms with Crippen molar-refractivity contribution in [1.82, 2.24) is 21.3 Å². The number of nitrogens with one attached hydrogen (secondary N) is 4. The zero-order valence-electron chi connectivity index (χ0n) is 29.0. The molecule has 1 rings (SSSR count). The Bertz CT molecular complexity index is 1040. The van der Waals surface area contributed by atoms with Gasteiger partial charge in [0.25, 0.3) is 0 Å². The number of carbonyl (C=O) groups is 5. The number of aliphatic carboxylic acids is 1. The summed E-state index contributed by atoms with van der Waals surface area (Å²) in [5.41, 5.74) is 0.881. The maximum absolute atomic E-state index is 13.1. The largest absolute Gasteiger partial charge is 0.480 e. The monoisotopic (exact) mass is 660 g/mol. The number of benzene rings is 1. The molecule has 0 heterocycles. The molecule has 0 aromatic heterocycles. The second-order valence-electron chi connectivity index (χ2n) is 12.4. The minimum absolute atomic E-state index is 0.164. The van der Waals surface area contributed by atoms with E-state index in [-0.39, 0.29) is 12.5 Å². The van der Waals surface area contributed by atoms with Gasteiger partial charge in [-0.1, -0.05) is 114 Å². The summed E-state index contributed by atoms with van der Waals surface area (Å²) in [6.07, 6.45) is 16.8. The highest BCUT2D eigenvalue weighted by atomic mass is 16.5. The van der Waals surface area contributed by atoms with Crippen LogP contribution in [0.3, 0.4) is 0 Å². The highest BCUT2D eigenvalue weighted by Gasteiger charge is 2.25. The summed E-state index contributed by atoms with van der Waals surface area (Å²) in [7, 11) is 0. The number of ether oxygens (including phenoxy) is 1. The number of hydrogen-bond donors (Lipinski definition) is 5. The van der Waals surface area contributed by atoms with Gasteiger partial charge in [0.05, 0.1) is 0 Å². The van der Waals surface area contributed by atoms with Crippen molar-refractivity contribution in [2.75, 3.05) is 6.54 Å². The fraction of sp³-hybridized carbons (Fsp3) is 0.694. The van der Waals surface area contributed by atoms with Gasteiger partial charge in [-0.05, 0) is 45.1 Å². The molecule has 266 valence electrons. The summed E-state index contributed by atoms with van der Waals surface area (Å²) >= 11 is 0. The van der Waals surface area contributed by atoms with E-state index in [1.165, 1.54) is 71.6 Å². The molecule has 4 amide bonds. The van der Waals surface area contributed by atoms with Crippen LogP contribution in [0.5, 0.6) is 0 Å². The number of amides is 4. The van der Waals surface area contributed by atoms with Gasteiger partial charge in [-0.25, -0.2) is 4.79 Å². The topological polar surface area (TPSA) is 163 Å². The van der Waals surface area contributed by atoms with Gasteiger partial charge in [0.15, 0.2) is 0 Å². The van der Waals surface area contributed by atoms with Crippen LogP contribution in [0.2, 0.25) is 0 Å². The number of hydrogen-bond acceptors (Lipinski definition) is 6. The first-order valence-electron chi connectivity index (χ1n) is 17.7. The predicted octanol–water partition coefficient (Wildman–Crippen LogP) is 6.14. The van der Waals surface area contributed by atoms with E-state index in [0.717, 1.165) is 31.2 Å². The lowest BCUT2D eigenvalue weighted by molar-refractivity contribution is -0.141. The minimum atomic E-state index is -1.19. The molecule has 3 atom stereocenters. The molecular weight excluding hydrogens is 600 g/mol. The van der Waals surface area contributed by atoms with Gasteiger partial charge in [-0.3, -0.25) is 19.2 Å². The zero-order chi connectivity index (χ0) is 34.7. The maximum atomic E-state index is 13.1. The van der Waals surface area contributed by atoms with E-state index in [1.807, 2.05) is 30.3 Å². The molecule has 0 spiro atoms. The van der Waals surface area contributed by atoms with Crippen LogP contribution in [-0.2, 0) is 30.5 Å². The van der Waals surface area contributed by atoms with Gasteiger partial charge in [0.1, 0.15) is 24.7 Å². The van der Waals surface area contributed by atoms with Crippen molar-refractivity contribution in [3.63, 3.8) is 0 Å². The number of alkyl carbamates (subject to hydrolysis) is 1. The molecule has 47 heavy (non-hydrogen) atoms. The van der Waals surface area contributed by atoms with E-state index in [2.05, 4.69) is 28.2 Å². The first-order chi connectivity index (χ1) is 22.6. The fourth-order valence-electron chi connectivity index (χ4n) is 5.06. The normalized spacial score (nSPS) is 12.7. The lowest BCUT2D eigenvalue weighted by Crippen LogP contribution is -2.54. The number of carboxylic acid groups (broad SMARTS) is 1. The van der Waals surface area contributed by atoms with Gasteiger partial charge in [-0.15, -0.1) is 0 Å². The molecule has 0 unspecified atom stereocenters. The van der Waals surface area contributed by atoms with Crippen LogP contribution in [0.15, 0.2) is 30.3 Å². The molecule has 0 aliphatic rings. The molecule has 11 heteroatoms. The molecule has 0 bridgehead atoms. The maximum Gasteiger partial charge on any atom is 0.407 e. The van der Waals surface area contributed by atoms with E-state index in [1.54, 1.807) is 0 Å². The van der Waals surface area contributed by atoms with Crippen molar-refractivity contribution in [3.8, 4) is 0 Å². The third-order valence-electron chi connectivity index (χ3n) is 8.04. The van der Waals surface area contributed by atoms with Gasteiger partial charge in [-0.2, -0.15) is 0 Å². The van der Waals surface area contributed by atoms with E-state index in [0.29, 0.717) is 32.2 Å². The molecule has 11 nitrogen and oxygen atoms in total. The highest BCUT2D eigenvalue weighted by Crippen LogP contribution is 2.13. The number of unbranched alkanes of at least 4 members (excludes halogenated alkanes) is 13. The van der Waals surface area contributed by atoms with Crippen molar-refractivity contribution in [1.29, 1.82) is 0 Å². The van der Waals surface area contributed by atoms with Crippen molar-refractivity contribution >= 4 is 29.8 Å². The quantitative estimate of drug-likeness (QED) is 0.0708. The summed E-state index contributed by atoms with van der Waals surface area (Å²) in [5, 5.41) is 19.5. The molecule has 0 aliphatic heterocycles. The summed E-state index contributed by atoms with van der Waals surface area (Å²) in [6.45, 7) is 5.53. The van der Waals surface area contributed by atoms with Crippen LogP contribution < -0.4 is 21.3 Å². The third kappa shape index (κ3) is 21.7. The minimum Gasteiger partial charge on any atom is -0.480 e. The summed E-state index contributed by atoms with van der Waals surface area (Å²) in [6, 6.07) is 6.37. The van der Waals surface area contributed by atoms with E-state index in [4.69, 9.17) is 9.84 Å². The molecule has 0 radical (unpaired) electrons. The third-order valence-corrected chi connectivity index (χ3v) is 8.04. The second-order valence-corrected chi connectivity index (χ2v) is 12.4. The Morgan fingerprint density at radius 1 is 0.681 bits per heavy atom. The smallest absolute Gasteiger partial charge is 0.407 e. The Balaban J connectivity index is 2.43. The zero-order valence-corrected chi connectivity index (χ0v) is 29.0. The van der Waals surface area contributed by atoms with E-state index < -0.39 is 42.0 Å². The van der Waals surface area contributed by atoms with Gasteiger partial charge in [0, 0.05) is 13.0 Å². The van der Waals surface area contributed by atoms with Crippen molar-refractivity contribution in [2.45, 2.75) is 155 Å². The number of carbonyl (C=O) groups excluding carboxylic acids is 4. The van der Waals surface area contributed by atoms with Gasteiger partial charge < -0.3 is 31.1 Å². The van der Waals surface area contributed by atoms with Gasteiger partial charge in [0.2, 0.25) is 17.7 Å². The summed E-state index contributed by atoms with van der Waals surface area (Å²) < 4.78 is 5.21. The van der Waals surface area contributed by atoms with Gasteiger partial charge >= 0.3 is 12.1 Å². The van der Waals surface area contributed by atoms with Crippen LogP contribution >= 0.6 is 0 Å². The Morgan fingerprint density at radius 2 is 1.23 bits per heavy atom. The molecule has 0 fully saturated rings. The SMILES string of the molecule is CCCCCCCCCCCCCCCC(=O)N[C@@H](CCCCNC(=O)OCc1ccccc1)C(=O)N[C@@H](C)C(=O)N[C@@H](C)C(=O)O. The lowest BCUT2D eigenvalue weighted by atomic mass is 10.0. The number of rotatable bonds is 27. The fourth-order valence-corrected chi connectivity index (χ4v) is 5.06.